The Morgan fingerprint density at radius 2 is 2.13 bits per heavy atom. The fourth-order valence-corrected chi connectivity index (χ4v) is 2.17. The van der Waals surface area contributed by atoms with E-state index in [2.05, 4.69) is 29.8 Å². The lowest BCUT2D eigenvalue weighted by Crippen LogP contribution is -2.14. The van der Waals surface area contributed by atoms with Crippen LogP contribution in [0.15, 0.2) is 22.7 Å². The van der Waals surface area contributed by atoms with E-state index in [1.165, 1.54) is 12.1 Å². The van der Waals surface area contributed by atoms with Gasteiger partial charge in [0.2, 0.25) is 0 Å². The van der Waals surface area contributed by atoms with Gasteiger partial charge in [-0.1, -0.05) is 42.3 Å². The fraction of sp³-hybridized carbons (Fsp3) is 0.500. The number of rotatable bonds is 4. The molecule has 1 aromatic rings. The molecule has 84 valence electrons. The first-order chi connectivity index (χ1) is 7.04. The van der Waals surface area contributed by atoms with Gasteiger partial charge in [-0.25, -0.2) is 4.39 Å². The van der Waals surface area contributed by atoms with Crippen molar-refractivity contribution < 1.29 is 4.39 Å². The lowest BCUT2D eigenvalue weighted by molar-refractivity contribution is 0.460. The molecule has 0 fully saturated rings. The Hall–Kier alpha value is -0.410. The molecule has 15 heavy (non-hydrogen) atoms. The molecule has 0 aliphatic carbocycles. The van der Waals surface area contributed by atoms with E-state index < -0.39 is 0 Å². The zero-order valence-electron chi connectivity index (χ0n) is 9.13. The molecule has 1 aromatic carbocycles. The molecule has 0 saturated carbocycles. The standard InChI is InChI=1S/C12H17BrFN/c1-3-8(2)6-12(15)10-5-4-9(14)7-11(10)13/h4-5,7-8,12H,3,6,15H2,1-2H3. The first-order valence-corrected chi connectivity index (χ1v) is 6.04. The van der Waals surface area contributed by atoms with Crippen molar-refractivity contribution in [2.75, 3.05) is 0 Å². The minimum Gasteiger partial charge on any atom is -0.324 e. The average molecular weight is 274 g/mol. The van der Waals surface area contributed by atoms with Crippen molar-refractivity contribution in [2.45, 2.75) is 32.7 Å². The third-order valence-corrected chi connectivity index (χ3v) is 3.40. The van der Waals surface area contributed by atoms with E-state index in [9.17, 15) is 4.39 Å². The van der Waals surface area contributed by atoms with Crippen molar-refractivity contribution in [2.24, 2.45) is 11.7 Å². The molecule has 2 atom stereocenters. The molecule has 3 heteroatoms. The van der Waals surface area contributed by atoms with E-state index in [0.29, 0.717) is 5.92 Å². The monoisotopic (exact) mass is 273 g/mol. The van der Waals surface area contributed by atoms with Crippen LogP contribution in [-0.2, 0) is 0 Å². The van der Waals surface area contributed by atoms with Gasteiger partial charge in [-0.15, -0.1) is 0 Å². The highest BCUT2D eigenvalue weighted by atomic mass is 79.9. The summed E-state index contributed by atoms with van der Waals surface area (Å²) in [5, 5.41) is 0. The summed E-state index contributed by atoms with van der Waals surface area (Å²) >= 11 is 3.34. The van der Waals surface area contributed by atoms with Crippen LogP contribution in [0.5, 0.6) is 0 Å². The second kappa shape index (κ2) is 5.61. The number of benzene rings is 1. The third kappa shape index (κ3) is 3.58. The van der Waals surface area contributed by atoms with Gasteiger partial charge in [0.25, 0.3) is 0 Å². The molecule has 0 aliphatic heterocycles. The van der Waals surface area contributed by atoms with E-state index in [1.807, 2.05) is 0 Å². The van der Waals surface area contributed by atoms with E-state index in [1.54, 1.807) is 6.07 Å². The van der Waals surface area contributed by atoms with Gasteiger partial charge in [0.05, 0.1) is 0 Å². The zero-order chi connectivity index (χ0) is 11.4. The van der Waals surface area contributed by atoms with Crippen LogP contribution in [-0.4, -0.2) is 0 Å². The Morgan fingerprint density at radius 1 is 1.47 bits per heavy atom. The SMILES string of the molecule is CCC(C)CC(N)c1ccc(F)cc1Br. The molecule has 0 spiro atoms. The Labute approximate surface area is 99.0 Å². The highest BCUT2D eigenvalue weighted by Gasteiger charge is 2.13. The van der Waals surface area contributed by atoms with Gasteiger partial charge in [0.1, 0.15) is 5.82 Å². The van der Waals surface area contributed by atoms with Crippen LogP contribution in [0.25, 0.3) is 0 Å². The minimum absolute atomic E-state index is 0.0186. The quantitative estimate of drug-likeness (QED) is 0.881. The maximum Gasteiger partial charge on any atom is 0.124 e. The topological polar surface area (TPSA) is 26.0 Å². The van der Waals surface area contributed by atoms with Crippen LogP contribution in [0.2, 0.25) is 0 Å². The largest absolute Gasteiger partial charge is 0.324 e. The van der Waals surface area contributed by atoms with Crippen LogP contribution >= 0.6 is 15.9 Å². The van der Waals surface area contributed by atoms with Gasteiger partial charge in [0.15, 0.2) is 0 Å². The summed E-state index contributed by atoms with van der Waals surface area (Å²) in [7, 11) is 0. The van der Waals surface area contributed by atoms with Gasteiger partial charge < -0.3 is 5.73 Å². The molecule has 1 nitrogen and oxygen atoms in total. The molecule has 0 amide bonds. The first kappa shape index (κ1) is 12.7. The van der Waals surface area contributed by atoms with Crippen LogP contribution in [0, 0.1) is 11.7 Å². The minimum atomic E-state index is -0.235. The lowest BCUT2D eigenvalue weighted by atomic mass is 9.95. The summed E-state index contributed by atoms with van der Waals surface area (Å²) in [6, 6.07) is 4.66. The molecule has 0 saturated heterocycles. The summed E-state index contributed by atoms with van der Waals surface area (Å²) in [6.07, 6.45) is 2.05. The van der Waals surface area contributed by atoms with Crippen molar-refractivity contribution in [1.82, 2.24) is 0 Å². The molecule has 0 aromatic heterocycles. The Bertz CT molecular complexity index is 327. The maximum absolute atomic E-state index is 12.9. The van der Waals surface area contributed by atoms with E-state index >= 15 is 0 Å². The molecule has 2 unspecified atom stereocenters. The van der Waals surface area contributed by atoms with Crippen molar-refractivity contribution in [3.63, 3.8) is 0 Å². The molecule has 0 bridgehead atoms. The van der Waals surface area contributed by atoms with Crippen LogP contribution in [0.4, 0.5) is 4.39 Å². The van der Waals surface area contributed by atoms with Gasteiger partial charge in [-0.05, 0) is 30.0 Å². The van der Waals surface area contributed by atoms with E-state index in [4.69, 9.17) is 5.73 Å². The number of nitrogens with two attached hydrogens (primary N) is 1. The van der Waals surface area contributed by atoms with Crippen molar-refractivity contribution in [1.29, 1.82) is 0 Å². The number of hydrogen-bond donors (Lipinski definition) is 1. The van der Waals surface area contributed by atoms with Crippen LogP contribution in [0.3, 0.4) is 0 Å². The molecule has 0 radical (unpaired) electrons. The summed E-state index contributed by atoms with van der Waals surface area (Å²) in [4.78, 5) is 0. The molecular formula is C12H17BrFN. The Morgan fingerprint density at radius 3 is 2.67 bits per heavy atom. The summed E-state index contributed by atoms with van der Waals surface area (Å²) in [6.45, 7) is 4.33. The smallest absolute Gasteiger partial charge is 0.124 e. The van der Waals surface area contributed by atoms with E-state index in [0.717, 1.165) is 22.9 Å². The summed E-state index contributed by atoms with van der Waals surface area (Å²) < 4.78 is 13.6. The van der Waals surface area contributed by atoms with Crippen molar-refractivity contribution >= 4 is 15.9 Å². The highest BCUT2D eigenvalue weighted by molar-refractivity contribution is 9.10. The fourth-order valence-electron chi connectivity index (χ4n) is 1.53. The molecule has 0 aliphatic rings. The van der Waals surface area contributed by atoms with Gasteiger partial charge >= 0.3 is 0 Å². The predicted molar refractivity (Wildman–Crippen MR) is 65.1 cm³/mol. The summed E-state index contributed by atoms with van der Waals surface area (Å²) in [5.74, 6) is 0.360. The first-order valence-electron chi connectivity index (χ1n) is 5.25. The molecular weight excluding hydrogens is 257 g/mol. The molecule has 2 N–H and O–H groups in total. The normalized spacial score (nSPS) is 15.0. The second-order valence-corrected chi connectivity index (χ2v) is 4.88. The number of halogens is 2. The van der Waals surface area contributed by atoms with Crippen LogP contribution in [0.1, 0.15) is 38.3 Å². The third-order valence-electron chi connectivity index (χ3n) is 2.72. The van der Waals surface area contributed by atoms with E-state index in [-0.39, 0.29) is 11.9 Å². The summed E-state index contributed by atoms with van der Waals surface area (Å²) in [5.41, 5.74) is 7.05. The van der Waals surface area contributed by atoms with Gasteiger partial charge in [-0.3, -0.25) is 0 Å². The Kier molecular flexibility index (Phi) is 4.74. The predicted octanol–water partition coefficient (Wildman–Crippen LogP) is 4.02. The van der Waals surface area contributed by atoms with Gasteiger partial charge in [0, 0.05) is 10.5 Å². The Balaban J connectivity index is 2.77. The molecule has 1 rings (SSSR count). The van der Waals surface area contributed by atoms with Gasteiger partial charge in [-0.2, -0.15) is 0 Å². The van der Waals surface area contributed by atoms with Crippen molar-refractivity contribution in [3.8, 4) is 0 Å². The lowest BCUT2D eigenvalue weighted by Gasteiger charge is -2.17. The average Bonchev–Trinajstić information content (AvgIpc) is 2.17. The highest BCUT2D eigenvalue weighted by Crippen LogP contribution is 2.27. The molecule has 0 heterocycles. The maximum atomic E-state index is 12.9. The number of hydrogen-bond acceptors (Lipinski definition) is 1. The second-order valence-electron chi connectivity index (χ2n) is 4.02. The van der Waals surface area contributed by atoms with Crippen molar-refractivity contribution in [3.05, 3.63) is 34.1 Å². The zero-order valence-corrected chi connectivity index (χ0v) is 10.7. The van der Waals surface area contributed by atoms with Crippen LogP contribution < -0.4 is 5.73 Å².